The van der Waals surface area contributed by atoms with Crippen LogP contribution in [0.4, 0.5) is 0 Å². The van der Waals surface area contributed by atoms with Gasteiger partial charge in [-0.2, -0.15) is 0 Å². The molecule has 174 valence electrons. The van der Waals surface area contributed by atoms with E-state index >= 15 is 0 Å². The lowest BCUT2D eigenvalue weighted by Gasteiger charge is -2.44. The van der Waals surface area contributed by atoms with E-state index in [0.717, 1.165) is 5.56 Å². The van der Waals surface area contributed by atoms with Gasteiger partial charge in [0.1, 0.15) is 29.7 Å². The van der Waals surface area contributed by atoms with Crippen LogP contribution in [0.15, 0.2) is 30.3 Å². The van der Waals surface area contributed by atoms with Crippen molar-refractivity contribution in [1.82, 2.24) is 10.2 Å². The van der Waals surface area contributed by atoms with Gasteiger partial charge in [-0.1, -0.05) is 30.3 Å². The van der Waals surface area contributed by atoms with Gasteiger partial charge >= 0.3 is 11.9 Å². The van der Waals surface area contributed by atoms with E-state index in [1.807, 2.05) is 44.2 Å². The monoisotopic (exact) mass is 462 g/mol. The maximum absolute atomic E-state index is 12.8. The van der Waals surface area contributed by atoms with Gasteiger partial charge in [-0.15, -0.1) is 11.8 Å². The predicted molar refractivity (Wildman–Crippen MR) is 120 cm³/mol. The summed E-state index contributed by atoms with van der Waals surface area (Å²) in [4.78, 5) is 51.3. The Morgan fingerprint density at radius 1 is 1.16 bits per heavy atom. The van der Waals surface area contributed by atoms with E-state index in [-0.39, 0.29) is 36.6 Å². The van der Waals surface area contributed by atoms with Crippen LogP contribution in [0.1, 0.15) is 46.6 Å². The first kappa shape index (κ1) is 24.1. The van der Waals surface area contributed by atoms with Crippen LogP contribution in [0.5, 0.6) is 0 Å². The fraction of sp³-hybridized carbons (Fsp3) is 0.565. The Labute approximate surface area is 192 Å². The lowest BCUT2D eigenvalue weighted by atomic mass is 9.96. The normalized spacial score (nSPS) is 23.7. The number of rotatable bonds is 7. The number of amides is 2. The third-order valence-corrected chi connectivity index (χ3v) is 6.73. The SMILES string of the molecule is CC(C)(C)OC(=O)CCOC(=O)[C@@H]1N2C(=O)[C@@H](NC(=O)Cc3ccccc3)[C@H]2SC1(C)C. The molecule has 0 radical (unpaired) electrons. The van der Waals surface area contributed by atoms with E-state index in [1.165, 1.54) is 16.7 Å². The molecule has 3 atom stereocenters. The lowest BCUT2D eigenvalue weighted by Crippen LogP contribution is -2.70. The Kier molecular flexibility index (Phi) is 6.88. The minimum atomic E-state index is -0.786. The van der Waals surface area contributed by atoms with E-state index in [2.05, 4.69) is 5.32 Å². The van der Waals surface area contributed by atoms with Crippen LogP contribution in [0.2, 0.25) is 0 Å². The molecule has 1 aromatic rings. The molecule has 0 aromatic heterocycles. The van der Waals surface area contributed by atoms with E-state index < -0.39 is 34.4 Å². The summed E-state index contributed by atoms with van der Waals surface area (Å²) in [7, 11) is 0. The number of nitrogens with zero attached hydrogens (tertiary/aromatic N) is 1. The molecular formula is C23H30N2O6S. The number of esters is 2. The molecule has 9 heteroatoms. The Morgan fingerprint density at radius 3 is 2.44 bits per heavy atom. The van der Waals surface area contributed by atoms with E-state index in [9.17, 15) is 19.2 Å². The highest BCUT2D eigenvalue weighted by atomic mass is 32.2. The molecule has 2 aliphatic rings. The van der Waals surface area contributed by atoms with Crippen molar-refractivity contribution in [3.8, 4) is 0 Å². The molecule has 0 aliphatic carbocycles. The van der Waals surface area contributed by atoms with Crippen molar-refractivity contribution in [2.24, 2.45) is 0 Å². The predicted octanol–water partition coefficient (Wildman–Crippen LogP) is 2.05. The number of benzene rings is 1. The summed E-state index contributed by atoms with van der Waals surface area (Å²) in [6.07, 6.45) is 0.125. The Bertz CT molecular complexity index is 895. The second-order valence-corrected chi connectivity index (χ2v) is 11.2. The van der Waals surface area contributed by atoms with Gasteiger partial charge in [-0.25, -0.2) is 4.79 Å². The summed E-state index contributed by atoms with van der Waals surface area (Å²) >= 11 is 1.46. The van der Waals surface area contributed by atoms with E-state index in [4.69, 9.17) is 9.47 Å². The number of ether oxygens (including phenoxy) is 2. The maximum atomic E-state index is 12.8. The molecule has 0 spiro atoms. The van der Waals surface area contributed by atoms with Crippen molar-refractivity contribution in [1.29, 1.82) is 0 Å². The number of carbonyl (C=O) groups is 4. The summed E-state index contributed by atoms with van der Waals surface area (Å²) in [6, 6.07) is 7.83. The van der Waals surface area contributed by atoms with Gasteiger partial charge in [0.25, 0.3) is 0 Å². The molecule has 8 nitrogen and oxygen atoms in total. The van der Waals surface area contributed by atoms with Crippen LogP contribution in [0.3, 0.4) is 0 Å². The summed E-state index contributed by atoms with van der Waals surface area (Å²) in [6.45, 7) is 8.91. The second kappa shape index (κ2) is 9.13. The molecule has 1 N–H and O–H groups in total. The van der Waals surface area contributed by atoms with Crippen molar-refractivity contribution in [3.63, 3.8) is 0 Å². The molecule has 0 bridgehead atoms. The highest BCUT2D eigenvalue weighted by Gasteiger charge is 2.64. The third kappa shape index (κ3) is 5.43. The van der Waals surface area contributed by atoms with E-state index in [0.29, 0.717) is 0 Å². The highest BCUT2D eigenvalue weighted by molar-refractivity contribution is 8.01. The van der Waals surface area contributed by atoms with Crippen LogP contribution >= 0.6 is 11.8 Å². The molecule has 2 heterocycles. The van der Waals surface area contributed by atoms with Gasteiger partial charge in [-0.05, 0) is 40.2 Å². The zero-order chi connectivity index (χ0) is 23.7. The number of fused-ring (bicyclic) bond motifs is 1. The molecule has 2 amide bonds. The van der Waals surface area contributed by atoms with Gasteiger partial charge in [0.2, 0.25) is 11.8 Å². The molecular weight excluding hydrogens is 432 g/mol. The average molecular weight is 463 g/mol. The van der Waals surface area contributed by atoms with Crippen molar-refractivity contribution >= 4 is 35.5 Å². The molecule has 2 fully saturated rings. The topological polar surface area (TPSA) is 102 Å². The number of carbonyl (C=O) groups excluding carboxylic acids is 4. The minimum absolute atomic E-state index is 0.0567. The van der Waals surface area contributed by atoms with Gasteiger partial charge in [0.05, 0.1) is 12.8 Å². The molecule has 3 rings (SSSR count). The number of hydrogen-bond donors (Lipinski definition) is 1. The van der Waals surface area contributed by atoms with Crippen LogP contribution in [-0.2, 0) is 35.1 Å². The van der Waals surface area contributed by atoms with Crippen molar-refractivity contribution in [2.75, 3.05) is 6.61 Å². The first-order chi connectivity index (χ1) is 14.9. The lowest BCUT2D eigenvalue weighted by molar-refractivity contribution is -0.166. The Morgan fingerprint density at radius 2 is 1.81 bits per heavy atom. The maximum Gasteiger partial charge on any atom is 0.330 e. The van der Waals surface area contributed by atoms with Crippen LogP contribution in [-0.4, -0.2) is 63.1 Å². The molecule has 2 aliphatic heterocycles. The Hall–Kier alpha value is -2.55. The van der Waals surface area contributed by atoms with Crippen molar-refractivity contribution in [3.05, 3.63) is 35.9 Å². The second-order valence-electron chi connectivity index (χ2n) is 9.47. The summed E-state index contributed by atoms with van der Waals surface area (Å²) < 4.78 is 9.92. The van der Waals surface area contributed by atoms with Gasteiger partial charge < -0.3 is 19.7 Å². The minimum Gasteiger partial charge on any atom is -0.464 e. The van der Waals surface area contributed by atoms with Crippen molar-refractivity contribution < 1.29 is 28.7 Å². The third-order valence-electron chi connectivity index (χ3n) is 5.16. The highest BCUT2D eigenvalue weighted by Crippen LogP contribution is 2.51. The van der Waals surface area contributed by atoms with Gasteiger partial charge in [0.15, 0.2) is 0 Å². The zero-order valence-corrected chi connectivity index (χ0v) is 19.9. The number of hydrogen-bond acceptors (Lipinski definition) is 7. The first-order valence-corrected chi connectivity index (χ1v) is 11.5. The number of β-lactam (4-membered cyclic amide) rings is 1. The zero-order valence-electron chi connectivity index (χ0n) is 19.0. The molecule has 1 aromatic carbocycles. The number of thioether (sulfide) groups is 1. The summed E-state index contributed by atoms with van der Waals surface area (Å²) in [5.41, 5.74) is 0.252. The van der Waals surface area contributed by atoms with Crippen LogP contribution in [0.25, 0.3) is 0 Å². The Balaban J connectivity index is 1.55. The smallest absolute Gasteiger partial charge is 0.330 e. The van der Waals surface area contributed by atoms with Gasteiger partial charge in [-0.3, -0.25) is 14.4 Å². The average Bonchev–Trinajstić information content (AvgIpc) is 2.93. The molecule has 2 saturated heterocycles. The fourth-order valence-corrected chi connectivity index (χ4v) is 5.46. The van der Waals surface area contributed by atoms with Gasteiger partial charge in [0, 0.05) is 4.75 Å². The first-order valence-electron chi connectivity index (χ1n) is 10.6. The van der Waals surface area contributed by atoms with E-state index in [1.54, 1.807) is 20.8 Å². The van der Waals surface area contributed by atoms with Crippen LogP contribution < -0.4 is 5.32 Å². The quantitative estimate of drug-likeness (QED) is 0.489. The van der Waals surface area contributed by atoms with Crippen molar-refractivity contribution in [2.45, 2.75) is 75.3 Å². The fourth-order valence-electron chi connectivity index (χ4n) is 3.84. The molecule has 0 saturated carbocycles. The number of nitrogens with one attached hydrogen (secondary N) is 1. The standard InChI is InChI=1S/C23H30N2O6S/c1-22(2,3)31-16(27)11-12-30-21(29)18-23(4,5)32-20-17(19(28)25(18)20)24-15(26)13-14-9-7-6-8-10-14/h6-10,17-18,20H,11-13H2,1-5H3,(H,24,26)/t17-,18+,20-/m1/s1. The largest absolute Gasteiger partial charge is 0.464 e. The van der Waals surface area contributed by atoms with Crippen LogP contribution in [0, 0.1) is 0 Å². The summed E-state index contributed by atoms with van der Waals surface area (Å²) in [5.74, 6) is -1.56. The summed E-state index contributed by atoms with van der Waals surface area (Å²) in [5, 5.41) is 2.47. The molecule has 32 heavy (non-hydrogen) atoms. The molecule has 0 unspecified atom stereocenters.